The molecule has 0 spiro atoms. The first kappa shape index (κ1) is 22.4. The molecule has 4 nitrogen and oxygen atoms in total. The van der Waals surface area contributed by atoms with Gasteiger partial charge in [0.15, 0.2) is 16.1 Å². The second-order valence-electron chi connectivity index (χ2n) is 7.88. The zero-order chi connectivity index (χ0) is 19.7. The SMILES string of the molecule is CCCCCCCCCCCC1OC(O)CC1S(=O)(=O)c1ccc(C)cc1. The normalized spacial score (nSPS) is 23.0. The highest BCUT2D eigenvalue weighted by Gasteiger charge is 2.42. The van der Waals surface area contributed by atoms with E-state index in [4.69, 9.17) is 4.74 Å². The van der Waals surface area contributed by atoms with Crippen LogP contribution in [-0.2, 0) is 14.6 Å². The van der Waals surface area contributed by atoms with Crippen molar-refractivity contribution in [1.82, 2.24) is 0 Å². The van der Waals surface area contributed by atoms with Crippen LogP contribution in [-0.4, -0.2) is 31.2 Å². The van der Waals surface area contributed by atoms with Gasteiger partial charge in [0.25, 0.3) is 0 Å². The number of unbranched alkanes of at least 4 members (excludes halogenated alkanes) is 8. The van der Waals surface area contributed by atoms with Crippen molar-refractivity contribution in [2.75, 3.05) is 0 Å². The summed E-state index contributed by atoms with van der Waals surface area (Å²) in [7, 11) is -3.48. The number of aliphatic hydroxyl groups is 1. The van der Waals surface area contributed by atoms with Crippen molar-refractivity contribution in [3.05, 3.63) is 29.8 Å². The summed E-state index contributed by atoms with van der Waals surface area (Å²) in [6, 6.07) is 6.94. The Bertz CT molecular complexity index is 639. The Balaban J connectivity index is 1.79. The predicted molar refractivity (Wildman–Crippen MR) is 109 cm³/mol. The maximum absolute atomic E-state index is 13.0. The average molecular weight is 397 g/mol. The van der Waals surface area contributed by atoms with E-state index in [1.165, 1.54) is 44.9 Å². The van der Waals surface area contributed by atoms with Gasteiger partial charge in [-0.3, -0.25) is 0 Å². The zero-order valence-electron chi connectivity index (χ0n) is 16.9. The van der Waals surface area contributed by atoms with E-state index in [1.54, 1.807) is 12.1 Å². The molecule has 0 radical (unpaired) electrons. The van der Waals surface area contributed by atoms with Crippen LogP contribution >= 0.6 is 0 Å². The maximum Gasteiger partial charge on any atom is 0.183 e. The third kappa shape index (κ3) is 6.88. The number of aryl methyl sites for hydroxylation is 1. The van der Waals surface area contributed by atoms with E-state index in [2.05, 4.69) is 6.92 Å². The fourth-order valence-corrected chi connectivity index (χ4v) is 5.72. The highest BCUT2D eigenvalue weighted by atomic mass is 32.2. The number of hydrogen-bond donors (Lipinski definition) is 1. The third-order valence-electron chi connectivity index (χ3n) is 5.52. The number of benzene rings is 1. The molecule has 2 rings (SSSR count). The maximum atomic E-state index is 13.0. The molecule has 0 saturated carbocycles. The zero-order valence-corrected chi connectivity index (χ0v) is 17.7. The second kappa shape index (κ2) is 11.2. The minimum Gasteiger partial charge on any atom is -0.368 e. The number of aliphatic hydroxyl groups excluding tert-OH is 1. The summed E-state index contributed by atoms with van der Waals surface area (Å²) in [6.45, 7) is 4.17. The van der Waals surface area contributed by atoms with Gasteiger partial charge in [-0.05, 0) is 25.5 Å². The molecule has 1 aliphatic heterocycles. The number of rotatable bonds is 12. The molecule has 27 heavy (non-hydrogen) atoms. The molecule has 0 amide bonds. The topological polar surface area (TPSA) is 63.6 Å². The smallest absolute Gasteiger partial charge is 0.183 e. The van der Waals surface area contributed by atoms with Gasteiger partial charge in [-0.15, -0.1) is 0 Å². The molecule has 1 aromatic rings. The highest BCUT2D eigenvalue weighted by molar-refractivity contribution is 7.92. The summed E-state index contributed by atoms with van der Waals surface area (Å²) in [5.74, 6) is 0. The molecule has 5 heteroatoms. The molecule has 0 aromatic heterocycles. The summed E-state index contributed by atoms with van der Waals surface area (Å²) in [5, 5.41) is 9.23. The largest absolute Gasteiger partial charge is 0.368 e. The molecule has 3 unspecified atom stereocenters. The van der Waals surface area contributed by atoms with Gasteiger partial charge in [0, 0.05) is 6.42 Å². The van der Waals surface area contributed by atoms with Gasteiger partial charge in [-0.25, -0.2) is 8.42 Å². The fourth-order valence-electron chi connectivity index (χ4n) is 3.83. The Morgan fingerprint density at radius 3 is 2.11 bits per heavy atom. The van der Waals surface area contributed by atoms with Crippen LogP contribution in [0, 0.1) is 6.92 Å². The van der Waals surface area contributed by atoms with Gasteiger partial charge in [-0.1, -0.05) is 82.4 Å². The number of ether oxygens (including phenoxy) is 1. The quantitative estimate of drug-likeness (QED) is 0.495. The lowest BCUT2D eigenvalue weighted by Gasteiger charge is -2.19. The van der Waals surface area contributed by atoms with Crippen LogP contribution in [0.25, 0.3) is 0 Å². The first-order chi connectivity index (χ1) is 12.9. The summed E-state index contributed by atoms with van der Waals surface area (Å²) in [4.78, 5) is 0.327. The van der Waals surface area contributed by atoms with Crippen LogP contribution in [0.3, 0.4) is 0 Å². The summed E-state index contributed by atoms with van der Waals surface area (Å²) in [6.07, 6.45) is 10.5. The van der Waals surface area contributed by atoms with E-state index in [-0.39, 0.29) is 6.42 Å². The van der Waals surface area contributed by atoms with Crippen LogP contribution in [0.15, 0.2) is 29.2 Å². The minimum atomic E-state index is -3.48. The monoisotopic (exact) mass is 396 g/mol. The standard InChI is InChI=1S/C22H36O4S/c1-3-4-5-6-7-8-9-10-11-12-20-21(17-22(23)26-20)27(24,25)19-15-13-18(2)14-16-19/h13-16,20-23H,3-12,17H2,1-2H3. The summed E-state index contributed by atoms with van der Waals surface area (Å²) < 4.78 is 31.5. The van der Waals surface area contributed by atoms with Crippen LogP contribution in [0.5, 0.6) is 0 Å². The lowest BCUT2D eigenvalue weighted by Crippen LogP contribution is -2.30. The van der Waals surface area contributed by atoms with Crippen LogP contribution in [0.4, 0.5) is 0 Å². The first-order valence-electron chi connectivity index (χ1n) is 10.6. The molecular formula is C22H36O4S. The van der Waals surface area contributed by atoms with Crippen molar-refractivity contribution >= 4 is 9.84 Å². The lowest BCUT2D eigenvalue weighted by atomic mass is 10.0. The van der Waals surface area contributed by atoms with Crippen molar-refractivity contribution in [1.29, 1.82) is 0 Å². The Morgan fingerprint density at radius 1 is 0.963 bits per heavy atom. The van der Waals surface area contributed by atoms with Gasteiger partial charge >= 0.3 is 0 Å². The second-order valence-corrected chi connectivity index (χ2v) is 10.0. The molecule has 1 aliphatic rings. The van der Waals surface area contributed by atoms with Gasteiger partial charge in [0.05, 0.1) is 16.2 Å². The number of sulfone groups is 1. The Labute approximate surface area is 165 Å². The molecular weight excluding hydrogens is 360 g/mol. The van der Waals surface area contributed by atoms with Gasteiger partial charge < -0.3 is 9.84 Å². The van der Waals surface area contributed by atoms with E-state index in [1.807, 2.05) is 19.1 Å². The average Bonchev–Trinajstić information content (AvgIpc) is 3.02. The molecule has 0 aliphatic carbocycles. The van der Waals surface area contributed by atoms with E-state index >= 15 is 0 Å². The molecule has 3 atom stereocenters. The predicted octanol–water partition coefficient (Wildman–Crippen LogP) is 5.17. The van der Waals surface area contributed by atoms with Crippen molar-refractivity contribution in [2.24, 2.45) is 0 Å². The van der Waals surface area contributed by atoms with E-state index < -0.39 is 27.5 Å². The molecule has 1 N–H and O–H groups in total. The van der Waals surface area contributed by atoms with E-state index in [0.29, 0.717) is 11.3 Å². The van der Waals surface area contributed by atoms with Crippen molar-refractivity contribution in [3.63, 3.8) is 0 Å². The van der Waals surface area contributed by atoms with Crippen molar-refractivity contribution < 1.29 is 18.3 Å². The summed E-state index contributed by atoms with van der Waals surface area (Å²) >= 11 is 0. The van der Waals surface area contributed by atoms with E-state index in [9.17, 15) is 13.5 Å². The Kier molecular flexibility index (Phi) is 9.27. The van der Waals surface area contributed by atoms with Crippen LogP contribution in [0.1, 0.15) is 83.1 Å². The van der Waals surface area contributed by atoms with Gasteiger partial charge in [0.1, 0.15) is 0 Å². The van der Waals surface area contributed by atoms with Crippen LogP contribution < -0.4 is 0 Å². The molecule has 1 aromatic carbocycles. The third-order valence-corrected chi connectivity index (χ3v) is 7.74. The Morgan fingerprint density at radius 2 is 1.52 bits per heavy atom. The van der Waals surface area contributed by atoms with Crippen molar-refractivity contribution in [3.8, 4) is 0 Å². The molecule has 1 fully saturated rings. The molecule has 154 valence electrons. The van der Waals surface area contributed by atoms with Gasteiger partial charge in [-0.2, -0.15) is 0 Å². The highest BCUT2D eigenvalue weighted by Crippen LogP contribution is 2.32. The molecule has 1 saturated heterocycles. The van der Waals surface area contributed by atoms with E-state index in [0.717, 1.165) is 18.4 Å². The molecule has 1 heterocycles. The lowest BCUT2D eigenvalue weighted by molar-refractivity contribution is -0.0918. The van der Waals surface area contributed by atoms with Crippen LogP contribution in [0.2, 0.25) is 0 Å². The number of hydrogen-bond acceptors (Lipinski definition) is 4. The summed E-state index contributed by atoms with van der Waals surface area (Å²) in [5.41, 5.74) is 1.03. The Hall–Kier alpha value is -0.910. The minimum absolute atomic E-state index is 0.165. The first-order valence-corrected chi connectivity index (χ1v) is 12.1. The fraction of sp³-hybridized carbons (Fsp3) is 0.727. The molecule has 0 bridgehead atoms. The van der Waals surface area contributed by atoms with Gasteiger partial charge in [0.2, 0.25) is 0 Å². The van der Waals surface area contributed by atoms with Crippen molar-refractivity contribution in [2.45, 2.75) is 107 Å².